The molecule has 0 saturated carbocycles. The van der Waals surface area contributed by atoms with Crippen LogP contribution in [0.15, 0.2) is 35.7 Å². The average molecular weight is 306 g/mol. The van der Waals surface area contributed by atoms with E-state index in [2.05, 4.69) is 10.1 Å². The van der Waals surface area contributed by atoms with Gasteiger partial charge >= 0.3 is 6.18 Å². The third-order valence-electron chi connectivity index (χ3n) is 2.31. The van der Waals surface area contributed by atoms with E-state index in [1.807, 2.05) is 4.72 Å². The van der Waals surface area contributed by atoms with Crippen molar-refractivity contribution in [2.24, 2.45) is 7.05 Å². The van der Waals surface area contributed by atoms with Crippen molar-refractivity contribution in [3.05, 3.63) is 36.4 Å². The first-order chi connectivity index (χ1) is 9.18. The molecule has 0 aliphatic heterocycles. The molecule has 20 heavy (non-hydrogen) atoms. The molecule has 0 saturated heterocycles. The Morgan fingerprint density at radius 3 is 2.50 bits per heavy atom. The van der Waals surface area contributed by atoms with Gasteiger partial charge in [-0.05, 0) is 6.07 Å². The monoisotopic (exact) mass is 306 g/mol. The highest BCUT2D eigenvalue weighted by Crippen LogP contribution is 2.30. The second-order valence-electron chi connectivity index (χ2n) is 3.92. The SMILES string of the molecule is Cn1cc(S(=O)(=O)Nc2cncc(C(F)(F)F)c2)cn1. The lowest BCUT2D eigenvalue weighted by Gasteiger charge is -2.09. The average Bonchev–Trinajstić information content (AvgIpc) is 2.75. The molecule has 0 amide bonds. The van der Waals surface area contributed by atoms with Crippen LogP contribution in [0.3, 0.4) is 0 Å². The number of nitrogens with one attached hydrogen (secondary N) is 1. The fourth-order valence-corrected chi connectivity index (χ4v) is 2.42. The van der Waals surface area contributed by atoms with Crippen LogP contribution in [0.2, 0.25) is 0 Å². The smallest absolute Gasteiger partial charge is 0.278 e. The molecule has 1 N–H and O–H groups in total. The normalized spacial score (nSPS) is 12.4. The van der Waals surface area contributed by atoms with Crippen LogP contribution in [0.4, 0.5) is 18.9 Å². The van der Waals surface area contributed by atoms with Gasteiger partial charge in [0.2, 0.25) is 0 Å². The highest BCUT2D eigenvalue weighted by Gasteiger charge is 2.31. The number of aromatic nitrogens is 3. The first-order valence-corrected chi connectivity index (χ1v) is 6.70. The van der Waals surface area contributed by atoms with Gasteiger partial charge in [0.1, 0.15) is 4.90 Å². The topological polar surface area (TPSA) is 76.9 Å². The lowest BCUT2D eigenvalue weighted by molar-refractivity contribution is -0.137. The van der Waals surface area contributed by atoms with Gasteiger partial charge in [-0.3, -0.25) is 14.4 Å². The Labute approximate surface area is 112 Å². The van der Waals surface area contributed by atoms with Crippen molar-refractivity contribution in [3.63, 3.8) is 0 Å². The van der Waals surface area contributed by atoms with E-state index in [0.717, 1.165) is 12.4 Å². The number of rotatable bonds is 3. The Morgan fingerprint density at radius 2 is 1.95 bits per heavy atom. The molecule has 6 nitrogen and oxygen atoms in total. The van der Waals surface area contributed by atoms with Crippen molar-refractivity contribution in [1.29, 1.82) is 0 Å². The van der Waals surface area contributed by atoms with E-state index in [0.29, 0.717) is 12.3 Å². The minimum Gasteiger partial charge on any atom is -0.278 e. The molecule has 10 heteroatoms. The minimum absolute atomic E-state index is 0.155. The van der Waals surface area contributed by atoms with E-state index in [4.69, 9.17) is 0 Å². The molecule has 108 valence electrons. The molecular weight excluding hydrogens is 297 g/mol. The summed E-state index contributed by atoms with van der Waals surface area (Å²) < 4.78 is 64.6. The standard InChI is InChI=1S/C10H9F3N4O2S/c1-17-6-9(5-15-17)20(18,19)16-8-2-7(3-14-4-8)10(11,12)13/h2-6,16H,1H3. The molecule has 2 aromatic rings. The lowest BCUT2D eigenvalue weighted by atomic mass is 10.2. The van der Waals surface area contributed by atoms with Crippen LogP contribution < -0.4 is 4.72 Å². The minimum atomic E-state index is -4.59. The molecule has 0 unspecified atom stereocenters. The van der Waals surface area contributed by atoms with Gasteiger partial charge in [0, 0.05) is 19.4 Å². The first kappa shape index (κ1) is 14.3. The lowest BCUT2D eigenvalue weighted by Crippen LogP contribution is -2.14. The Morgan fingerprint density at radius 1 is 1.25 bits per heavy atom. The summed E-state index contributed by atoms with van der Waals surface area (Å²) >= 11 is 0. The van der Waals surface area contributed by atoms with Gasteiger partial charge in [0.05, 0.1) is 23.6 Å². The number of hydrogen-bond donors (Lipinski definition) is 1. The third kappa shape index (κ3) is 3.07. The summed E-state index contributed by atoms with van der Waals surface area (Å²) in [7, 11) is -2.48. The summed E-state index contributed by atoms with van der Waals surface area (Å²) in [6.07, 6.45) is -0.680. The number of hydrogen-bond acceptors (Lipinski definition) is 4. The molecule has 0 atom stereocenters. The summed E-state index contributed by atoms with van der Waals surface area (Å²) in [5.74, 6) is 0. The second kappa shape index (κ2) is 4.78. The quantitative estimate of drug-likeness (QED) is 0.935. The van der Waals surface area contributed by atoms with Crippen molar-refractivity contribution in [2.75, 3.05) is 4.72 Å². The molecule has 0 bridgehead atoms. The Kier molecular flexibility index (Phi) is 3.42. The van der Waals surface area contributed by atoms with Crippen molar-refractivity contribution in [2.45, 2.75) is 11.1 Å². The van der Waals surface area contributed by atoms with Crippen LogP contribution in [0.25, 0.3) is 0 Å². The molecule has 2 aromatic heterocycles. The van der Waals surface area contributed by atoms with E-state index < -0.39 is 21.8 Å². The van der Waals surface area contributed by atoms with Gasteiger partial charge in [-0.15, -0.1) is 0 Å². The molecule has 2 rings (SSSR count). The van der Waals surface area contributed by atoms with Crippen LogP contribution in [0.5, 0.6) is 0 Å². The Bertz CT molecular complexity index is 724. The maximum atomic E-state index is 12.5. The predicted molar refractivity (Wildman–Crippen MR) is 63.3 cm³/mol. The number of aryl methyl sites for hydroxylation is 1. The van der Waals surface area contributed by atoms with Gasteiger partial charge in [0.25, 0.3) is 10.0 Å². The van der Waals surface area contributed by atoms with E-state index in [1.54, 1.807) is 0 Å². The van der Waals surface area contributed by atoms with Crippen LogP contribution in [-0.2, 0) is 23.2 Å². The number of alkyl halides is 3. The molecule has 0 aliphatic carbocycles. The zero-order valence-electron chi connectivity index (χ0n) is 10.1. The molecule has 0 aliphatic rings. The van der Waals surface area contributed by atoms with Crippen molar-refractivity contribution in [1.82, 2.24) is 14.8 Å². The third-order valence-corrected chi connectivity index (χ3v) is 3.65. The van der Waals surface area contributed by atoms with Gasteiger partial charge in [-0.2, -0.15) is 18.3 Å². The summed E-state index contributed by atoms with van der Waals surface area (Å²) in [6, 6.07) is 0.668. The van der Waals surface area contributed by atoms with E-state index in [9.17, 15) is 21.6 Å². The largest absolute Gasteiger partial charge is 0.417 e. The highest BCUT2D eigenvalue weighted by atomic mass is 32.2. The van der Waals surface area contributed by atoms with Gasteiger partial charge < -0.3 is 0 Å². The van der Waals surface area contributed by atoms with E-state index in [1.165, 1.54) is 17.9 Å². The van der Waals surface area contributed by atoms with E-state index in [-0.39, 0.29) is 10.6 Å². The zero-order valence-corrected chi connectivity index (χ0v) is 10.9. The van der Waals surface area contributed by atoms with Crippen molar-refractivity contribution < 1.29 is 21.6 Å². The molecule has 2 heterocycles. The molecule has 0 radical (unpaired) electrons. The summed E-state index contributed by atoms with van der Waals surface area (Å²) in [5, 5.41) is 3.68. The maximum absolute atomic E-state index is 12.5. The number of nitrogens with zero attached hydrogens (tertiary/aromatic N) is 3. The van der Waals surface area contributed by atoms with Crippen LogP contribution in [0, 0.1) is 0 Å². The number of pyridine rings is 1. The van der Waals surface area contributed by atoms with Gasteiger partial charge in [-0.1, -0.05) is 0 Å². The Balaban J connectivity index is 2.31. The van der Waals surface area contributed by atoms with Gasteiger partial charge in [0.15, 0.2) is 0 Å². The maximum Gasteiger partial charge on any atom is 0.417 e. The predicted octanol–water partition coefficient (Wildman–Crippen LogP) is 1.63. The molecule has 0 spiro atoms. The van der Waals surface area contributed by atoms with Crippen molar-refractivity contribution in [3.8, 4) is 0 Å². The summed E-state index contributed by atoms with van der Waals surface area (Å²) in [6.45, 7) is 0. The molecular formula is C10H9F3N4O2S. The number of sulfonamides is 1. The number of halogens is 3. The highest BCUT2D eigenvalue weighted by molar-refractivity contribution is 7.92. The summed E-state index contributed by atoms with van der Waals surface area (Å²) in [5.41, 5.74) is -1.31. The Hall–Kier alpha value is -2.10. The zero-order chi connectivity index (χ0) is 15.0. The van der Waals surface area contributed by atoms with Crippen LogP contribution >= 0.6 is 0 Å². The fourth-order valence-electron chi connectivity index (χ4n) is 1.40. The van der Waals surface area contributed by atoms with Crippen molar-refractivity contribution >= 4 is 15.7 Å². The second-order valence-corrected chi connectivity index (χ2v) is 5.60. The summed E-state index contributed by atoms with van der Waals surface area (Å²) in [4.78, 5) is 3.21. The van der Waals surface area contributed by atoms with Gasteiger partial charge in [-0.25, -0.2) is 8.42 Å². The first-order valence-electron chi connectivity index (χ1n) is 5.22. The van der Waals surface area contributed by atoms with Crippen LogP contribution in [0.1, 0.15) is 5.56 Å². The fraction of sp³-hybridized carbons (Fsp3) is 0.200. The number of anilines is 1. The molecule has 0 aromatic carbocycles. The van der Waals surface area contributed by atoms with E-state index >= 15 is 0 Å². The molecule has 0 fully saturated rings. The van der Waals surface area contributed by atoms with Crippen LogP contribution in [-0.4, -0.2) is 23.2 Å².